The molecule has 0 aliphatic heterocycles. The monoisotopic (exact) mass is 270 g/mol. The highest BCUT2D eigenvalue weighted by molar-refractivity contribution is 5.21. The number of hydrogen-bond acceptors (Lipinski definition) is 0. The summed E-state index contributed by atoms with van der Waals surface area (Å²) in [5, 5.41) is 0. The van der Waals surface area contributed by atoms with Gasteiger partial charge in [-0.05, 0) is 64.2 Å². The van der Waals surface area contributed by atoms with E-state index in [0.717, 1.165) is 23.7 Å². The first kappa shape index (κ1) is 16.8. The van der Waals surface area contributed by atoms with Crippen LogP contribution in [0.25, 0.3) is 0 Å². The Morgan fingerprint density at radius 2 is 1.75 bits per heavy atom. The number of fused-ring (bicyclic) bond motifs is 5. The van der Waals surface area contributed by atoms with Gasteiger partial charge in [0.1, 0.15) is 0 Å². The summed E-state index contributed by atoms with van der Waals surface area (Å²) in [7, 11) is 0. The largest absolute Gasteiger partial charge is 0.0991 e. The van der Waals surface area contributed by atoms with Crippen molar-refractivity contribution in [3.05, 3.63) is 60.8 Å². The standard InChI is InChI=1S/C10H12.C5H10.C5H8/c1-2-9-7-4-5-8(6-7)10(9)3-1;1-4-5(2)3;1-3-5-4-2/h1-2,4-5,7-10H,3,6H2;4H,1-3H3;3-5H,1H2,2H3/b;;5-4+. The van der Waals surface area contributed by atoms with Crippen molar-refractivity contribution in [3.8, 4) is 0 Å². The third kappa shape index (κ3) is 4.67. The minimum atomic E-state index is 0.925. The van der Waals surface area contributed by atoms with Gasteiger partial charge in [0, 0.05) is 0 Å². The second-order valence-corrected chi connectivity index (χ2v) is 5.98. The molecule has 4 atom stereocenters. The summed E-state index contributed by atoms with van der Waals surface area (Å²) in [5.41, 5.74) is 1.38. The van der Waals surface area contributed by atoms with E-state index in [1.807, 2.05) is 26.0 Å². The molecule has 0 aromatic rings. The summed E-state index contributed by atoms with van der Waals surface area (Å²) in [5.74, 6) is 3.82. The molecule has 2 bridgehead atoms. The Bertz CT molecular complexity index is 402. The zero-order chi connectivity index (χ0) is 15.0. The number of rotatable bonds is 1. The van der Waals surface area contributed by atoms with Crippen molar-refractivity contribution in [1.29, 1.82) is 0 Å². The minimum absolute atomic E-state index is 0.925. The molecule has 4 unspecified atom stereocenters. The first-order valence-corrected chi connectivity index (χ1v) is 7.82. The zero-order valence-corrected chi connectivity index (χ0v) is 13.5. The summed E-state index contributed by atoms with van der Waals surface area (Å²) in [4.78, 5) is 0. The van der Waals surface area contributed by atoms with Crippen molar-refractivity contribution < 1.29 is 0 Å². The Morgan fingerprint density at radius 1 is 1.10 bits per heavy atom. The molecule has 3 aliphatic carbocycles. The van der Waals surface area contributed by atoms with E-state index >= 15 is 0 Å². The smallest absolute Gasteiger partial charge is 0.0133 e. The van der Waals surface area contributed by atoms with Gasteiger partial charge in [0.15, 0.2) is 0 Å². The van der Waals surface area contributed by atoms with Crippen LogP contribution in [0.3, 0.4) is 0 Å². The van der Waals surface area contributed by atoms with Gasteiger partial charge in [-0.1, -0.05) is 60.8 Å². The topological polar surface area (TPSA) is 0 Å². The normalized spacial score (nSPS) is 31.2. The SMILES string of the molecule is C1=CC2C3C=CC(C3)C2C1.C=C/C=C/C.CC=C(C)C. The van der Waals surface area contributed by atoms with Crippen LogP contribution in [0.2, 0.25) is 0 Å². The molecule has 1 saturated carbocycles. The Morgan fingerprint density at radius 3 is 2.20 bits per heavy atom. The summed E-state index contributed by atoms with van der Waals surface area (Å²) < 4.78 is 0. The Hall–Kier alpha value is -1.30. The molecule has 0 aromatic carbocycles. The molecule has 3 rings (SSSR count). The van der Waals surface area contributed by atoms with Crippen molar-refractivity contribution in [1.82, 2.24) is 0 Å². The van der Waals surface area contributed by atoms with Crippen LogP contribution in [-0.4, -0.2) is 0 Å². The highest BCUT2D eigenvalue weighted by atomic mass is 14.5. The maximum absolute atomic E-state index is 3.46. The molecule has 3 aliphatic rings. The maximum Gasteiger partial charge on any atom is -0.0133 e. The predicted octanol–water partition coefficient (Wildman–Crippen LogP) is 6.11. The number of hydrogen-bond donors (Lipinski definition) is 0. The molecule has 20 heavy (non-hydrogen) atoms. The molecule has 0 spiro atoms. The average Bonchev–Trinajstić information content (AvgIpc) is 3.15. The third-order valence-electron chi connectivity index (χ3n) is 4.36. The number of allylic oxidation sites excluding steroid dienone is 9. The molecule has 0 aromatic heterocycles. The Balaban J connectivity index is 0.000000173. The summed E-state index contributed by atoms with van der Waals surface area (Å²) in [6, 6.07) is 0. The second kappa shape index (κ2) is 8.79. The van der Waals surface area contributed by atoms with Crippen LogP contribution in [0, 0.1) is 23.7 Å². The average molecular weight is 270 g/mol. The van der Waals surface area contributed by atoms with Crippen LogP contribution in [0.15, 0.2) is 60.8 Å². The van der Waals surface area contributed by atoms with E-state index in [0.29, 0.717) is 0 Å². The zero-order valence-electron chi connectivity index (χ0n) is 13.5. The van der Waals surface area contributed by atoms with Crippen molar-refractivity contribution in [3.63, 3.8) is 0 Å². The molecule has 110 valence electrons. The molecule has 0 heteroatoms. The lowest BCUT2D eigenvalue weighted by Gasteiger charge is -2.18. The quantitative estimate of drug-likeness (QED) is 0.398. The van der Waals surface area contributed by atoms with Crippen LogP contribution < -0.4 is 0 Å². The molecule has 0 radical (unpaired) electrons. The molecule has 0 heterocycles. The minimum Gasteiger partial charge on any atom is -0.0991 e. The van der Waals surface area contributed by atoms with E-state index < -0.39 is 0 Å². The fraction of sp³-hybridized carbons (Fsp3) is 0.500. The van der Waals surface area contributed by atoms with Gasteiger partial charge in [-0.25, -0.2) is 0 Å². The molecule has 0 saturated heterocycles. The van der Waals surface area contributed by atoms with Crippen molar-refractivity contribution in [2.75, 3.05) is 0 Å². The van der Waals surface area contributed by atoms with Crippen LogP contribution in [0.4, 0.5) is 0 Å². The van der Waals surface area contributed by atoms with Crippen molar-refractivity contribution in [2.45, 2.75) is 40.5 Å². The molecule has 0 amide bonds. The molecule has 0 nitrogen and oxygen atoms in total. The molecular weight excluding hydrogens is 240 g/mol. The van der Waals surface area contributed by atoms with Gasteiger partial charge in [-0.3, -0.25) is 0 Å². The van der Waals surface area contributed by atoms with E-state index in [-0.39, 0.29) is 0 Å². The van der Waals surface area contributed by atoms with Gasteiger partial charge >= 0.3 is 0 Å². The highest BCUT2D eigenvalue weighted by Crippen LogP contribution is 2.52. The van der Waals surface area contributed by atoms with Crippen molar-refractivity contribution >= 4 is 0 Å². The highest BCUT2D eigenvalue weighted by Gasteiger charge is 2.44. The Kier molecular flexibility index (Phi) is 7.36. The summed E-state index contributed by atoms with van der Waals surface area (Å²) >= 11 is 0. The maximum atomic E-state index is 3.46. The summed E-state index contributed by atoms with van der Waals surface area (Å²) in [6.45, 7) is 11.6. The van der Waals surface area contributed by atoms with E-state index in [1.54, 1.807) is 6.08 Å². The predicted molar refractivity (Wildman–Crippen MR) is 91.6 cm³/mol. The van der Waals surface area contributed by atoms with Crippen LogP contribution in [-0.2, 0) is 0 Å². The summed E-state index contributed by atoms with van der Waals surface area (Å²) in [6.07, 6.45) is 20.2. The lowest BCUT2D eigenvalue weighted by Crippen LogP contribution is -2.12. The van der Waals surface area contributed by atoms with E-state index in [4.69, 9.17) is 0 Å². The van der Waals surface area contributed by atoms with Gasteiger partial charge in [0.2, 0.25) is 0 Å². The van der Waals surface area contributed by atoms with E-state index in [2.05, 4.69) is 50.8 Å². The van der Waals surface area contributed by atoms with E-state index in [1.165, 1.54) is 18.4 Å². The molecule has 0 N–H and O–H groups in total. The van der Waals surface area contributed by atoms with Crippen LogP contribution in [0.1, 0.15) is 40.5 Å². The van der Waals surface area contributed by atoms with Gasteiger partial charge in [0.25, 0.3) is 0 Å². The second-order valence-electron chi connectivity index (χ2n) is 5.98. The van der Waals surface area contributed by atoms with Crippen LogP contribution in [0.5, 0.6) is 0 Å². The first-order valence-electron chi connectivity index (χ1n) is 7.82. The van der Waals surface area contributed by atoms with Gasteiger partial charge < -0.3 is 0 Å². The fourth-order valence-corrected chi connectivity index (χ4v) is 3.11. The first-order chi connectivity index (χ1) is 9.63. The lowest BCUT2D eigenvalue weighted by molar-refractivity contribution is 0.398. The molecule has 1 fully saturated rings. The molecular formula is C20H30. The van der Waals surface area contributed by atoms with E-state index in [9.17, 15) is 0 Å². The van der Waals surface area contributed by atoms with Gasteiger partial charge in [-0.15, -0.1) is 0 Å². The fourth-order valence-electron chi connectivity index (χ4n) is 3.11. The van der Waals surface area contributed by atoms with Crippen molar-refractivity contribution in [2.24, 2.45) is 23.7 Å². The van der Waals surface area contributed by atoms with Crippen LogP contribution >= 0.6 is 0 Å². The lowest BCUT2D eigenvalue weighted by atomic mass is 9.86. The Labute approximate surface area is 125 Å². The van der Waals surface area contributed by atoms with Gasteiger partial charge in [0.05, 0.1) is 0 Å². The van der Waals surface area contributed by atoms with Gasteiger partial charge in [-0.2, -0.15) is 0 Å². The third-order valence-corrected chi connectivity index (χ3v) is 4.36.